The molecule has 0 saturated carbocycles. The van der Waals surface area contributed by atoms with Gasteiger partial charge in [0.25, 0.3) is 11.1 Å². The highest BCUT2D eigenvalue weighted by Gasteiger charge is 2.57. The summed E-state index contributed by atoms with van der Waals surface area (Å²) in [6.07, 6.45) is -1.92. The van der Waals surface area contributed by atoms with Crippen LogP contribution in [-0.4, -0.2) is 80.5 Å². The Hall–Kier alpha value is -4.52. The van der Waals surface area contributed by atoms with Gasteiger partial charge in [0.15, 0.2) is 24.0 Å². The molecule has 2 unspecified atom stereocenters. The minimum atomic E-state index is -2.03. The van der Waals surface area contributed by atoms with Crippen molar-refractivity contribution in [3.05, 3.63) is 138 Å². The van der Waals surface area contributed by atoms with E-state index in [1.54, 1.807) is 44.2 Å². The van der Waals surface area contributed by atoms with Crippen LogP contribution in [0.25, 0.3) is 0 Å². The zero-order valence-corrected chi connectivity index (χ0v) is 30.1. The van der Waals surface area contributed by atoms with Gasteiger partial charge in [0.2, 0.25) is 0 Å². The van der Waals surface area contributed by atoms with Gasteiger partial charge in [-0.2, -0.15) is 0 Å². The molecule has 4 fully saturated rings. The van der Waals surface area contributed by atoms with Crippen LogP contribution in [0.15, 0.2) is 104 Å². The molecule has 2 N–H and O–H groups in total. The van der Waals surface area contributed by atoms with Crippen molar-refractivity contribution in [2.75, 3.05) is 13.2 Å². The highest BCUT2D eigenvalue weighted by atomic mass is 16.8. The van der Waals surface area contributed by atoms with E-state index in [4.69, 9.17) is 40.6 Å². The molecule has 16 heteroatoms. The molecule has 0 aliphatic carbocycles. The Labute approximate surface area is 312 Å². The minimum absolute atomic E-state index is 0.114. The molecule has 0 spiro atoms. The highest BCUT2D eigenvalue weighted by Crippen LogP contribution is 2.44. The fourth-order valence-electron chi connectivity index (χ4n) is 6.87. The molecular weight excluding hydrogens is 704 g/mol. The van der Waals surface area contributed by atoms with Gasteiger partial charge in [0.05, 0.1) is 29.1 Å². The number of rotatable bonds is 10. The standard InChI is InChI=1S/2C19H22N2O6/c2*1-19(2)26-15-13(11-24-10-12-6-4-3-5-7-12)25-17(16(15)27-19)21-9-8-14(22)20-18(21)23/h2*3-9,13,15-17H,10-11H2,1-2H3,(H,20,22,23)/t2*13-,15+,16?,17-/m11/s1/i10D2;. The second kappa shape index (κ2) is 15.7. The number of nitrogens with one attached hydrogen (secondary N) is 2. The lowest BCUT2D eigenvalue weighted by molar-refractivity contribution is -0.203. The Balaban J connectivity index is 0.000000172. The van der Waals surface area contributed by atoms with Crippen molar-refractivity contribution in [3.8, 4) is 0 Å². The first kappa shape index (κ1) is 35.2. The van der Waals surface area contributed by atoms with Gasteiger partial charge in [-0.15, -0.1) is 0 Å². The third kappa shape index (κ3) is 8.56. The summed E-state index contributed by atoms with van der Waals surface area (Å²) in [6.45, 7) is 5.74. The fraction of sp³-hybridized carbons (Fsp3) is 0.474. The number of benzene rings is 2. The number of aromatic nitrogens is 4. The molecule has 4 aliphatic rings. The molecule has 4 saturated heterocycles. The van der Waals surface area contributed by atoms with Crippen molar-refractivity contribution in [3.63, 3.8) is 0 Å². The number of hydrogen-bond donors (Lipinski definition) is 2. The second-order valence-electron chi connectivity index (χ2n) is 14.1. The Morgan fingerprint density at radius 2 is 1.04 bits per heavy atom. The van der Waals surface area contributed by atoms with E-state index in [2.05, 4.69) is 9.97 Å². The van der Waals surface area contributed by atoms with E-state index in [1.807, 2.05) is 44.2 Å². The predicted molar refractivity (Wildman–Crippen MR) is 190 cm³/mol. The fourth-order valence-corrected chi connectivity index (χ4v) is 6.87. The van der Waals surface area contributed by atoms with E-state index >= 15 is 0 Å². The quantitative estimate of drug-likeness (QED) is 0.242. The van der Waals surface area contributed by atoms with E-state index in [0.29, 0.717) is 18.8 Å². The number of hydrogen-bond acceptors (Lipinski definition) is 12. The van der Waals surface area contributed by atoms with Crippen LogP contribution in [0.3, 0.4) is 0 Å². The zero-order valence-electron chi connectivity index (χ0n) is 32.1. The minimum Gasteiger partial charge on any atom is -0.374 e. The number of fused-ring (bicyclic) bond motifs is 2. The molecule has 0 bridgehead atoms. The molecule has 0 amide bonds. The lowest BCUT2D eigenvalue weighted by Crippen LogP contribution is -2.37. The molecule has 0 radical (unpaired) electrons. The van der Waals surface area contributed by atoms with Gasteiger partial charge in [0.1, 0.15) is 36.6 Å². The van der Waals surface area contributed by atoms with Crippen molar-refractivity contribution >= 4 is 0 Å². The summed E-state index contributed by atoms with van der Waals surface area (Å²) in [5.41, 5.74) is -0.712. The van der Waals surface area contributed by atoms with Gasteiger partial charge in [-0.05, 0) is 38.8 Å². The summed E-state index contributed by atoms with van der Waals surface area (Å²) in [4.78, 5) is 51.6. The van der Waals surface area contributed by atoms with E-state index in [0.717, 1.165) is 5.56 Å². The molecule has 8 rings (SSSR count). The third-order valence-electron chi connectivity index (χ3n) is 9.11. The maximum Gasteiger partial charge on any atom is 0.330 e. The monoisotopic (exact) mass is 750 g/mol. The summed E-state index contributed by atoms with van der Waals surface area (Å²) in [5.74, 6) is -1.69. The summed E-state index contributed by atoms with van der Waals surface area (Å²) < 4.78 is 66.1. The molecule has 54 heavy (non-hydrogen) atoms. The van der Waals surface area contributed by atoms with Gasteiger partial charge in [-0.3, -0.25) is 28.7 Å². The summed E-state index contributed by atoms with van der Waals surface area (Å²) in [5, 5.41) is 0. The van der Waals surface area contributed by atoms with Gasteiger partial charge in [0, 0.05) is 24.5 Å². The third-order valence-corrected chi connectivity index (χ3v) is 9.11. The van der Waals surface area contributed by atoms with Crippen LogP contribution in [0.1, 0.15) is 54.0 Å². The summed E-state index contributed by atoms with van der Waals surface area (Å²) >= 11 is 0. The van der Waals surface area contributed by atoms with E-state index < -0.39 is 83.6 Å². The predicted octanol–water partition coefficient (Wildman–Crippen LogP) is 2.34. The van der Waals surface area contributed by atoms with Gasteiger partial charge < -0.3 is 37.9 Å². The second-order valence-corrected chi connectivity index (χ2v) is 14.1. The molecule has 2 aromatic carbocycles. The number of H-pyrrole nitrogens is 2. The van der Waals surface area contributed by atoms with Crippen LogP contribution in [0.2, 0.25) is 0 Å². The van der Waals surface area contributed by atoms with Crippen molar-refractivity contribution in [2.45, 2.75) is 102 Å². The van der Waals surface area contributed by atoms with Crippen molar-refractivity contribution in [2.24, 2.45) is 0 Å². The molecular formula is C38H44N4O12. The van der Waals surface area contributed by atoms with E-state index in [-0.39, 0.29) is 12.7 Å². The van der Waals surface area contributed by atoms with E-state index in [1.165, 1.54) is 33.7 Å². The first-order chi connectivity index (χ1) is 26.6. The zero-order chi connectivity index (χ0) is 39.8. The van der Waals surface area contributed by atoms with Gasteiger partial charge >= 0.3 is 11.4 Å². The number of nitrogens with zero attached hydrogens (tertiary/aromatic N) is 2. The van der Waals surface area contributed by atoms with Crippen LogP contribution in [-0.2, 0) is 51.1 Å². The smallest absolute Gasteiger partial charge is 0.330 e. The molecule has 8 atom stereocenters. The van der Waals surface area contributed by atoms with Gasteiger partial charge in [-0.25, -0.2) is 9.59 Å². The average Bonchev–Trinajstić information content (AvgIpc) is 3.85. The SMILES string of the molecule is CC1(C)OC2[C@@H](O1)[C@@H](COCc1ccccc1)O[C@H]2n1ccc(=O)[nH]c1=O.[2H]C([2H])(OC[C@H]1O[C@@H](n2ccc(=O)[nH]c2=O)C2OC(C)(C)O[C@H]21)c1ccccc1. The molecule has 4 aliphatic heterocycles. The number of aromatic amines is 2. The molecule has 16 nitrogen and oxygen atoms in total. The maximum absolute atomic E-state index is 12.2. The maximum atomic E-state index is 12.2. The van der Waals surface area contributed by atoms with Crippen molar-refractivity contribution < 1.29 is 40.6 Å². The Morgan fingerprint density at radius 3 is 1.50 bits per heavy atom. The van der Waals surface area contributed by atoms with Crippen LogP contribution in [0.4, 0.5) is 0 Å². The average molecular weight is 751 g/mol. The lowest BCUT2D eigenvalue weighted by Gasteiger charge is -2.24. The normalized spacial score (nSPS) is 29.8. The van der Waals surface area contributed by atoms with Crippen LogP contribution >= 0.6 is 0 Å². The summed E-state index contributed by atoms with van der Waals surface area (Å²) in [7, 11) is 0. The van der Waals surface area contributed by atoms with Gasteiger partial charge in [-0.1, -0.05) is 60.7 Å². The number of ether oxygens (including phenoxy) is 8. The van der Waals surface area contributed by atoms with Crippen LogP contribution in [0.5, 0.6) is 0 Å². The summed E-state index contributed by atoms with van der Waals surface area (Å²) in [6, 6.07) is 20.9. The van der Waals surface area contributed by atoms with E-state index in [9.17, 15) is 19.2 Å². The van der Waals surface area contributed by atoms with Crippen molar-refractivity contribution in [1.82, 2.24) is 19.1 Å². The Morgan fingerprint density at radius 1 is 0.611 bits per heavy atom. The lowest BCUT2D eigenvalue weighted by atomic mass is 10.1. The first-order valence-electron chi connectivity index (χ1n) is 18.6. The molecule has 288 valence electrons. The first-order valence-corrected chi connectivity index (χ1v) is 17.6. The van der Waals surface area contributed by atoms with Crippen LogP contribution < -0.4 is 22.5 Å². The molecule has 2 aromatic heterocycles. The largest absolute Gasteiger partial charge is 0.374 e. The topological polar surface area (TPSA) is 184 Å². The van der Waals surface area contributed by atoms with Crippen molar-refractivity contribution in [1.29, 1.82) is 0 Å². The van der Waals surface area contributed by atoms with Crippen LogP contribution in [0, 0.1) is 0 Å². The Kier molecular flexibility index (Phi) is 10.2. The highest BCUT2D eigenvalue weighted by molar-refractivity contribution is 5.14. The Bertz CT molecular complexity index is 2210. The molecule has 6 heterocycles. The molecule has 4 aromatic rings.